The van der Waals surface area contributed by atoms with E-state index in [1.54, 1.807) is 0 Å². The van der Waals surface area contributed by atoms with Gasteiger partial charge in [-0.1, -0.05) is 42.5 Å². The van der Waals surface area contributed by atoms with Crippen LogP contribution in [0.1, 0.15) is 0 Å². The molecule has 0 amide bonds. The monoisotopic (exact) mass is 196 g/mol. The Hall–Kier alpha value is -1.83. The van der Waals surface area contributed by atoms with Crippen LogP contribution in [0.4, 0.5) is 0 Å². The predicted octanol–water partition coefficient (Wildman–Crippen LogP) is 2.78. The molecule has 0 aliphatic heterocycles. The Morgan fingerprint density at radius 3 is 2.80 bits per heavy atom. The highest BCUT2D eigenvalue weighted by Gasteiger charge is 2.07. The fourth-order valence-corrected chi connectivity index (χ4v) is 1.97. The molecular weight excluding hydrogens is 184 g/mol. The van der Waals surface area contributed by atoms with Crippen molar-refractivity contribution in [2.75, 3.05) is 0 Å². The van der Waals surface area contributed by atoms with E-state index in [0.717, 1.165) is 6.54 Å². The molecule has 0 spiro atoms. The van der Waals surface area contributed by atoms with Gasteiger partial charge in [-0.05, 0) is 6.07 Å². The van der Waals surface area contributed by atoms with Gasteiger partial charge < -0.3 is 0 Å². The molecule has 1 heterocycles. The van der Waals surface area contributed by atoms with Crippen molar-refractivity contribution in [3.05, 3.63) is 54.8 Å². The van der Waals surface area contributed by atoms with Crippen LogP contribution in [0.2, 0.25) is 0 Å². The van der Waals surface area contributed by atoms with Crippen LogP contribution in [-0.2, 0) is 6.54 Å². The van der Waals surface area contributed by atoms with Crippen molar-refractivity contribution < 1.29 is 0 Å². The summed E-state index contributed by atoms with van der Waals surface area (Å²) in [5.41, 5.74) is 1.21. The van der Waals surface area contributed by atoms with Gasteiger partial charge in [-0.2, -0.15) is 5.10 Å². The number of hydrogen-bond donors (Lipinski definition) is 0. The molecule has 2 nitrogen and oxygen atoms in total. The Labute approximate surface area is 88.5 Å². The number of hydrogen-bond acceptors (Lipinski definition) is 1. The zero-order valence-electron chi connectivity index (χ0n) is 8.38. The number of para-hydroxylation sites is 1. The minimum atomic E-state index is 0.494. The Kier molecular flexibility index (Phi) is 1.91. The van der Waals surface area contributed by atoms with Gasteiger partial charge in [0.05, 0.1) is 18.3 Å². The third-order valence-electron chi connectivity index (χ3n) is 2.76. The zero-order chi connectivity index (χ0) is 10.1. The lowest BCUT2D eigenvalue weighted by molar-refractivity contribution is 0.574. The van der Waals surface area contributed by atoms with Crippen molar-refractivity contribution in [1.29, 1.82) is 0 Å². The number of allylic oxidation sites excluding steroid dienone is 4. The van der Waals surface area contributed by atoms with Crippen molar-refractivity contribution in [1.82, 2.24) is 9.78 Å². The Morgan fingerprint density at radius 2 is 1.93 bits per heavy atom. The molecule has 0 atom stereocenters. The number of aromatic nitrogens is 2. The first-order valence-corrected chi connectivity index (χ1v) is 5.19. The summed E-state index contributed by atoms with van der Waals surface area (Å²) in [7, 11) is 0. The normalized spacial score (nSPS) is 15.5. The topological polar surface area (TPSA) is 17.8 Å². The van der Waals surface area contributed by atoms with E-state index in [0.29, 0.717) is 5.92 Å². The molecule has 0 N–H and O–H groups in total. The summed E-state index contributed by atoms with van der Waals surface area (Å²) < 4.78 is 2.07. The Morgan fingerprint density at radius 1 is 1.13 bits per heavy atom. The average molecular weight is 196 g/mol. The summed E-state index contributed by atoms with van der Waals surface area (Å²) >= 11 is 0. The van der Waals surface area contributed by atoms with Gasteiger partial charge in [0.25, 0.3) is 0 Å². The quantitative estimate of drug-likeness (QED) is 0.722. The van der Waals surface area contributed by atoms with Crippen LogP contribution in [0.15, 0.2) is 54.8 Å². The van der Waals surface area contributed by atoms with E-state index in [1.807, 2.05) is 12.3 Å². The first kappa shape index (κ1) is 8.48. The molecule has 15 heavy (non-hydrogen) atoms. The van der Waals surface area contributed by atoms with Crippen molar-refractivity contribution in [3.8, 4) is 0 Å². The summed E-state index contributed by atoms with van der Waals surface area (Å²) in [5.74, 6) is 0.494. The molecule has 1 aromatic heterocycles. The summed E-state index contributed by atoms with van der Waals surface area (Å²) in [6.45, 7) is 0.931. The van der Waals surface area contributed by atoms with Crippen LogP contribution in [0.25, 0.3) is 10.9 Å². The third-order valence-corrected chi connectivity index (χ3v) is 2.76. The van der Waals surface area contributed by atoms with Gasteiger partial charge in [-0.3, -0.25) is 4.68 Å². The highest BCUT2D eigenvalue weighted by atomic mass is 15.3. The largest absolute Gasteiger partial charge is 0.264 e. The summed E-state index contributed by atoms with van der Waals surface area (Å²) in [6, 6.07) is 8.31. The summed E-state index contributed by atoms with van der Waals surface area (Å²) in [4.78, 5) is 0. The van der Waals surface area contributed by atoms with E-state index in [1.165, 1.54) is 10.9 Å². The molecule has 0 bridgehead atoms. The molecule has 1 aliphatic carbocycles. The molecule has 3 rings (SSSR count). The molecule has 74 valence electrons. The maximum atomic E-state index is 4.41. The molecule has 0 unspecified atom stereocenters. The average Bonchev–Trinajstić information content (AvgIpc) is 2.89. The second-order valence-electron chi connectivity index (χ2n) is 3.82. The minimum absolute atomic E-state index is 0.494. The van der Waals surface area contributed by atoms with Gasteiger partial charge >= 0.3 is 0 Å². The van der Waals surface area contributed by atoms with Gasteiger partial charge in [-0.25, -0.2) is 0 Å². The van der Waals surface area contributed by atoms with Crippen molar-refractivity contribution in [3.63, 3.8) is 0 Å². The van der Waals surface area contributed by atoms with Crippen LogP contribution in [0, 0.1) is 5.92 Å². The minimum Gasteiger partial charge on any atom is -0.264 e. The van der Waals surface area contributed by atoms with Crippen molar-refractivity contribution in [2.24, 2.45) is 5.92 Å². The van der Waals surface area contributed by atoms with Gasteiger partial charge in [0, 0.05) is 11.3 Å². The molecule has 0 radical (unpaired) electrons. The maximum absolute atomic E-state index is 4.41. The zero-order valence-corrected chi connectivity index (χ0v) is 8.38. The highest BCUT2D eigenvalue weighted by Crippen LogP contribution is 2.17. The Balaban J connectivity index is 1.97. The lowest BCUT2D eigenvalue weighted by Gasteiger charge is -2.06. The van der Waals surface area contributed by atoms with Crippen molar-refractivity contribution >= 4 is 10.9 Å². The predicted molar refractivity (Wildman–Crippen MR) is 61.5 cm³/mol. The lowest BCUT2D eigenvalue weighted by atomic mass is 10.2. The van der Waals surface area contributed by atoms with Gasteiger partial charge in [0.15, 0.2) is 0 Å². The lowest BCUT2D eigenvalue weighted by Crippen LogP contribution is -2.06. The van der Waals surface area contributed by atoms with E-state index in [2.05, 4.69) is 52.3 Å². The van der Waals surface area contributed by atoms with E-state index in [-0.39, 0.29) is 0 Å². The molecule has 1 aromatic carbocycles. The number of nitrogens with zero attached hydrogens (tertiary/aromatic N) is 2. The SMILES string of the molecule is C1=CC(Cn2ncc3ccccc32)C=C1. The van der Waals surface area contributed by atoms with Crippen molar-refractivity contribution in [2.45, 2.75) is 6.54 Å². The smallest absolute Gasteiger partial charge is 0.0682 e. The molecular formula is C13H12N2. The Bertz CT molecular complexity index is 522. The van der Waals surface area contributed by atoms with E-state index < -0.39 is 0 Å². The fraction of sp³-hybridized carbons (Fsp3) is 0.154. The van der Waals surface area contributed by atoms with Crippen LogP contribution in [-0.4, -0.2) is 9.78 Å². The molecule has 0 saturated heterocycles. The number of benzene rings is 1. The first-order valence-electron chi connectivity index (χ1n) is 5.19. The van der Waals surface area contributed by atoms with Gasteiger partial charge in [0.2, 0.25) is 0 Å². The fourth-order valence-electron chi connectivity index (χ4n) is 1.97. The number of fused-ring (bicyclic) bond motifs is 1. The second kappa shape index (κ2) is 3.39. The van der Waals surface area contributed by atoms with Gasteiger partial charge in [0.1, 0.15) is 0 Å². The van der Waals surface area contributed by atoms with E-state index in [4.69, 9.17) is 0 Å². The number of rotatable bonds is 2. The van der Waals surface area contributed by atoms with E-state index >= 15 is 0 Å². The van der Waals surface area contributed by atoms with Crippen LogP contribution in [0.3, 0.4) is 0 Å². The second-order valence-corrected chi connectivity index (χ2v) is 3.82. The molecule has 0 fully saturated rings. The van der Waals surface area contributed by atoms with Gasteiger partial charge in [-0.15, -0.1) is 0 Å². The van der Waals surface area contributed by atoms with E-state index in [9.17, 15) is 0 Å². The standard InChI is InChI=1S/C13H12N2/c1-2-6-11(5-1)10-15-13-8-4-3-7-12(13)9-14-15/h1-9,11H,10H2. The molecule has 2 heteroatoms. The summed E-state index contributed by atoms with van der Waals surface area (Å²) in [5, 5.41) is 5.62. The highest BCUT2D eigenvalue weighted by molar-refractivity contribution is 5.78. The van der Waals surface area contributed by atoms with Crippen LogP contribution < -0.4 is 0 Å². The maximum Gasteiger partial charge on any atom is 0.0682 e. The molecule has 0 saturated carbocycles. The molecule has 2 aromatic rings. The first-order chi connectivity index (χ1) is 7.43. The van der Waals surface area contributed by atoms with Crippen LogP contribution in [0.5, 0.6) is 0 Å². The molecule has 1 aliphatic rings. The summed E-state index contributed by atoms with van der Waals surface area (Å²) in [6.07, 6.45) is 10.5. The third kappa shape index (κ3) is 1.48. The van der Waals surface area contributed by atoms with Crippen LogP contribution >= 0.6 is 0 Å².